The van der Waals surface area contributed by atoms with Crippen molar-refractivity contribution in [3.63, 3.8) is 0 Å². The van der Waals surface area contributed by atoms with E-state index in [1.165, 1.54) is 0 Å². The molecule has 0 radical (unpaired) electrons. The third kappa shape index (κ3) is 12.3. The molecule has 3 aromatic rings. The molecule has 238 valence electrons. The van der Waals surface area contributed by atoms with Crippen LogP contribution in [-0.2, 0) is 18.9 Å². The average Bonchev–Trinajstić information content (AvgIpc) is 3.05. The molecule has 1 aliphatic rings. The zero-order chi connectivity index (χ0) is 30.5. The van der Waals surface area contributed by atoms with Crippen molar-refractivity contribution in [3.8, 4) is 34.5 Å². The fourth-order valence-corrected chi connectivity index (χ4v) is 3.95. The Morgan fingerprint density at radius 1 is 0.318 bits per heavy atom. The molecule has 1 heterocycles. The van der Waals surface area contributed by atoms with Gasteiger partial charge in [-0.25, -0.2) is 0 Å². The number of rotatable bonds is 0. The quantitative estimate of drug-likeness (QED) is 0.324. The molecule has 0 aromatic heterocycles. The summed E-state index contributed by atoms with van der Waals surface area (Å²) in [6, 6.07) is 22.5. The number of para-hydroxylation sites is 6. The predicted octanol–water partition coefficient (Wildman–Crippen LogP) is 5.00. The van der Waals surface area contributed by atoms with Crippen LogP contribution in [0.15, 0.2) is 84.9 Å². The van der Waals surface area contributed by atoms with Crippen LogP contribution >= 0.6 is 0 Å². The number of benzene rings is 3. The van der Waals surface area contributed by atoms with Crippen LogP contribution in [0.25, 0.3) is 0 Å². The highest BCUT2D eigenvalue weighted by Gasteiger charge is 2.09. The van der Waals surface area contributed by atoms with E-state index in [0.29, 0.717) is 114 Å². The molecular formula is C34H42O10. The molecule has 0 aliphatic carbocycles. The Labute approximate surface area is 259 Å². The lowest BCUT2D eigenvalue weighted by atomic mass is 10.3. The minimum atomic E-state index is 0.272. The van der Waals surface area contributed by atoms with E-state index in [0.717, 1.165) is 5.57 Å². The summed E-state index contributed by atoms with van der Waals surface area (Å²) in [4.78, 5) is 0. The third-order valence-electron chi connectivity index (χ3n) is 6.10. The van der Waals surface area contributed by atoms with Gasteiger partial charge in [-0.05, 0) is 42.0 Å². The van der Waals surface area contributed by atoms with Crippen molar-refractivity contribution in [1.29, 1.82) is 0 Å². The molecule has 1 aliphatic heterocycles. The fourth-order valence-electron chi connectivity index (χ4n) is 3.95. The van der Waals surface area contributed by atoms with E-state index < -0.39 is 0 Å². The van der Waals surface area contributed by atoms with Crippen molar-refractivity contribution in [1.82, 2.24) is 0 Å². The molecule has 0 N–H and O–H groups in total. The first-order valence-corrected chi connectivity index (χ1v) is 14.8. The summed E-state index contributed by atoms with van der Waals surface area (Å²) < 4.78 is 57.9. The van der Waals surface area contributed by atoms with Gasteiger partial charge in [0.1, 0.15) is 39.6 Å². The van der Waals surface area contributed by atoms with E-state index in [9.17, 15) is 0 Å². The van der Waals surface area contributed by atoms with Gasteiger partial charge in [0, 0.05) is 0 Å². The number of ether oxygens (including phenoxy) is 10. The Morgan fingerprint density at radius 3 is 0.818 bits per heavy atom. The molecule has 10 nitrogen and oxygen atoms in total. The first-order chi connectivity index (χ1) is 21.8. The van der Waals surface area contributed by atoms with Crippen LogP contribution in [0.3, 0.4) is 0 Å². The van der Waals surface area contributed by atoms with Crippen molar-refractivity contribution in [3.05, 3.63) is 84.9 Å². The van der Waals surface area contributed by atoms with Crippen molar-refractivity contribution in [2.45, 2.75) is 0 Å². The van der Waals surface area contributed by atoms with Gasteiger partial charge >= 0.3 is 0 Å². The summed E-state index contributed by atoms with van der Waals surface area (Å²) in [7, 11) is 0. The maximum absolute atomic E-state index is 5.97. The summed E-state index contributed by atoms with van der Waals surface area (Å²) in [6.07, 6.45) is 0. The Kier molecular flexibility index (Phi) is 15.0. The maximum Gasteiger partial charge on any atom is 0.161 e. The third-order valence-corrected chi connectivity index (χ3v) is 6.10. The minimum Gasteiger partial charge on any atom is -0.487 e. The molecule has 0 bridgehead atoms. The highest BCUT2D eigenvalue weighted by Crippen LogP contribution is 2.29. The van der Waals surface area contributed by atoms with Crippen LogP contribution in [0.1, 0.15) is 0 Å². The van der Waals surface area contributed by atoms with Gasteiger partial charge in [0.2, 0.25) is 0 Å². The molecule has 0 spiro atoms. The molecule has 0 atom stereocenters. The van der Waals surface area contributed by atoms with Crippen LogP contribution < -0.4 is 28.4 Å². The van der Waals surface area contributed by atoms with E-state index in [4.69, 9.17) is 47.4 Å². The van der Waals surface area contributed by atoms with Gasteiger partial charge in [0.25, 0.3) is 0 Å². The summed E-state index contributed by atoms with van der Waals surface area (Å²) >= 11 is 0. The van der Waals surface area contributed by atoms with Crippen LogP contribution in [0.4, 0.5) is 0 Å². The standard InChI is InChI=1S/C34H42O10/c1-28-26-43-33-12-6-4-10-31(33)41-24-20-37-16-14-35-18-22-39-29-8-2-3-9-30(29)40-23-19-36-15-17-38-21-25-42-32-11-5-7-13-34(32)44-27-28/h2-13H,1,14-27H2. The minimum absolute atomic E-state index is 0.272. The molecule has 10 heteroatoms. The predicted molar refractivity (Wildman–Crippen MR) is 165 cm³/mol. The van der Waals surface area contributed by atoms with Gasteiger partial charge in [0.05, 0.1) is 52.9 Å². The average molecular weight is 611 g/mol. The highest BCUT2D eigenvalue weighted by molar-refractivity contribution is 5.41. The molecule has 0 unspecified atom stereocenters. The zero-order valence-corrected chi connectivity index (χ0v) is 25.1. The maximum atomic E-state index is 5.97. The smallest absolute Gasteiger partial charge is 0.161 e. The lowest BCUT2D eigenvalue weighted by Gasteiger charge is -2.15. The Hall–Kier alpha value is -3.96. The monoisotopic (exact) mass is 610 g/mol. The SMILES string of the molecule is C=C1COc2ccccc2OCCOCCOCCOc2ccccc2OCCOCCOCCOc2ccccc2OC1. The Bertz CT molecular complexity index is 1140. The molecule has 0 fully saturated rings. The highest BCUT2D eigenvalue weighted by atomic mass is 16.6. The van der Waals surface area contributed by atoms with E-state index in [-0.39, 0.29) is 13.2 Å². The molecular weight excluding hydrogens is 568 g/mol. The second-order valence-corrected chi connectivity index (χ2v) is 9.51. The topological polar surface area (TPSA) is 92.3 Å². The van der Waals surface area contributed by atoms with Crippen molar-refractivity contribution in [2.24, 2.45) is 0 Å². The number of hydrogen-bond acceptors (Lipinski definition) is 10. The molecule has 0 saturated heterocycles. The van der Waals surface area contributed by atoms with Crippen LogP contribution in [0.2, 0.25) is 0 Å². The number of fused-ring (bicyclic) bond motifs is 3. The van der Waals surface area contributed by atoms with Crippen molar-refractivity contribution in [2.75, 3.05) is 92.5 Å². The lowest BCUT2D eigenvalue weighted by Crippen LogP contribution is -2.14. The summed E-state index contributed by atoms with van der Waals surface area (Å²) in [5.41, 5.74) is 0.760. The van der Waals surface area contributed by atoms with Gasteiger partial charge in [-0.3, -0.25) is 0 Å². The normalized spacial score (nSPS) is 17.5. The Morgan fingerprint density at radius 2 is 0.545 bits per heavy atom. The van der Waals surface area contributed by atoms with Crippen LogP contribution in [-0.4, -0.2) is 92.5 Å². The van der Waals surface area contributed by atoms with Gasteiger partial charge in [0.15, 0.2) is 34.5 Å². The first kappa shape index (κ1) is 32.9. The van der Waals surface area contributed by atoms with E-state index in [2.05, 4.69) is 6.58 Å². The Balaban J connectivity index is 1.27. The first-order valence-electron chi connectivity index (χ1n) is 14.8. The summed E-state index contributed by atoms with van der Waals surface area (Å²) in [5, 5.41) is 0. The fraction of sp³-hybridized carbons (Fsp3) is 0.412. The van der Waals surface area contributed by atoms with Crippen molar-refractivity contribution >= 4 is 0 Å². The van der Waals surface area contributed by atoms with E-state index in [1.807, 2.05) is 72.8 Å². The van der Waals surface area contributed by atoms with Gasteiger partial charge < -0.3 is 47.4 Å². The molecule has 4 rings (SSSR count). The van der Waals surface area contributed by atoms with E-state index in [1.54, 1.807) is 0 Å². The van der Waals surface area contributed by atoms with Crippen LogP contribution in [0, 0.1) is 0 Å². The van der Waals surface area contributed by atoms with E-state index >= 15 is 0 Å². The lowest BCUT2D eigenvalue weighted by molar-refractivity contribution is 0.0245. The molecule has 44 heavy (non-hydrogen) atoms. The molecule has 3 aromatic carbocycles. The number of hydrogen-bond donors (Lipinski definition) is 0. The molecule has 0 saturated carbocycles. The second kappa shape index (κ2) is 20.1. The summed E-state index contributed by atoms with van der Waals surface area (Å²) in [5.74, 6) is 3.81. The second-order valence-electron chi connectivity index (χ2n) is 9.51. The van der Waals surface area contributed by atoms with Crippen molar-refractivity contribution < 1.29 is 47.4 Å². The zero-order valence-electron chi connectivity index (χ0n) is 25.1. The largest absolute Gasteiger partial charge is 0.487 e. The van der Waals surface area contributed by atoms with Gasteiger partial charge in [-0.2, -0.15) is 0 Å². The molecule has 0 amide bonds. The van der Waals surface area contributed by atoms with Gasteiger partial charge in [-0.15, -0.1) is 0 Å². The summed E-state index contributed by atoms with van der Waals surface area (Å²) in [6.45, 7) is 9.63. The van der Waals surface area contributed by atoms with Gasteiger partial charge in [-0.1, -0.05) is 43.0 Å². The van der Waals surface area contributed by atoms with Crippen LogP contribution in [0.5, 0.6) is 34.5 Å².